The molecule has 0 bridgehead atoms. The van der Waals surface area contributed by atoms with Gasteiger partial charge in [0.15, 0.2) is 5.82 Å². The number of aromatic nitrogens is 1. The second-order valence-corrected chi connectivity index (χ2v) is 4.31. The maximum absolute atomic E-state index is 13.5. The number of halogens is 2. The molecule has 1 aliphatic rings. The van der Waals surface area contributed by atoms with Crippen molar-refractivity contribution in [3.8, 4) is 0 Å². The fourth-order valence-corrected chi connectivity index (χ4v) is 2.17. The molecule has 102 valence electrons. The monoisotopic (exact) mass is 270 g/mol. The van der Waals surface area contributed by atoms with Crippen LogP contribution in [0.3, 0.4) is 0 Å². The molecule has 1 fully saturated rings. The summed E-state index contributed by atoms with van der Waals surface area (Å²) in [7, 11) is 0. The van der Waals surface area contributed by atoms with E-state index in [1.54, 1.807) is 0 Å². The number of amides is 1. The van der Waals surface area contributed by atoms with E-state index in [0.717, 1.165) is 17.2 Å². The first-order valence-electron chi connectivity index (χ1n) is 5.86. The summed E-state index contributed by atoms with van der Waals surface area (Å²) in [6.07, 6.45) is 2.63. The lowest BCUT2D eigenvalue weighted by atomic mass is 10.0. The average Bonchev–Trinajstić information content (AvgIpc) is 2.41. The lowest BCUT2D eigenvalue weighted by molar-refractivity contribution is -0.143. The number of carbonyl (C=O) groups excluding carboxylic acids is 1. The van der Waals surface area contributed by atoms with Crippen molar-refractivity contribution >= 4 is 11.9 Å². The Bertz CT molecular complexity index is 522. The van der Waals surface area contributed by atoms with E-state index in [1.807, 2.05) is 0 Å². The van der Waals surface area contributed by atoms with Gasteiger partial charge in [-0.25, -0.2) is 14.2 Å². The highest BCUT2D eigenvalue weighted by Crippen LogP contribution is 2.21. The molecular weight excluding hydrogens is 258 g/mol. The van der Waals surface area contributed by atoms with Crippen LogP contribution in [0.2, 0.25) is 0 Å². The summed E-state index contributed by atoms with van der Waals surface area (Å²) < 4.78 is 26.5. The van der Waals surface area contributed by atoms with Gasteiger partial charge in [0.1, 0.15) is 6.04 Å². The summed E-state index contributed by atoms with van der Waals surface area (Å²) in [5.41, 5.74) is -0.486. The lowest BCUT2D eigenvalue weighted by Crippen LogP contribution is -2.48. The maximum atomic E-state index is 13.5. The largest absolute Gasteiger partial charge is 0.480 e. The number of carboxylic acids is 1. The van der Waals surface area contributed by atoms with Crippen LogP contribution in [-0.2, 0) is 4.79 Å². The summed E-state index contributed by atoms with van der Waals surface area (Å²) in [5, 5.41) is 9.05. The van der Waals surface area contributed by atoms with Crippen molar-refractivity contribution in [3.63, 3.8) is 0 Å². The second kappa shape index (κ2) is 5.29. The molecule has 1 aliphatic heterocycles. The van der Waals surface area contributed by atoms with Crippen molar-refractivity contribution in [2.75, 3.05) is 6.54 Å². The minimum absolute atomic E-state index is 0.221. The van der Waals surface area contributed by atoms with Crippen molar-refractivity contribution < 1.29 is 23.5 Å². The molecule has 0 radical (unpaired) electrons. The Balaban J connectivity index is 2.31. The van der Waals surface area contributed by atoms with Gasteiger partial charge in [-0.3, -0.25) is 4.79 Å². The van der Waals surface area contributed by atoms with Crippen molar-refractivity contribution in [1.29, 1.82) is 0 Å². The minimum atomic E-state index is -1.37. The SMILES string of the molecule is O=C(O)C1CCCCN1C(=O)c1ccnc(F)c1F. The Morgan fingerprint density at radius 1 is 1.37 bits per heavy atom. The Morgan fingerprint density at radius 2 is 2.11 bits per heavy atom. The van der Waals surface area contributed by atoms with Gasteiger partial charge >= 0.3 is 5.97 Å². The number of rotatable bonds is 2. The number of pyridine rings is 1. The number of carbonyl (C=O) groups is 2. The van der Waals surface area contributed by atoms with Gasteiger partial charge in [-0.2, -0.15) is 4.39 Å². The van der Waals surface area contributed by atoms with Crippen LogP contribution < -0.4 is 0 Å². The van der Waals surface area contributed by atoms with Crippen LogP contribution in [0.25, 0.3) is 0 Å². The Morgan fingerprint density at radius 3 is 2.79 bits per heavy atom. The van der Waals surface area contributed by atoms with Crippen LogP contribution in [-0.4, -0.2) is 39.5 Å². The maximum Gasteiger partial charge on any atom is 0.326 e. The Hall–Kier alpha value is -2.05. The fourth-order valence-electron chi connectivity index (χ4n) is 2.17. The molecule has 1 aromatic rings. The van der Waals surface area contributed by atoms with Crippen LogP contribution >= 0.6 is 0 Å². The molecule has 0 aromatic carbocycles. The summed E-state index contributed by atoms with van der Waals surface area (Å²) in [6, 6.07) is 0.0609. The number of piperidine rings is 1. The molecule has 2 rings (SSSR count). The molecule has 1 N–H and O–H groups in total. The van der Waals surface area contributed by atoms with E-state index in [2.05, 4.69) is 4.98 Å². The first-order valence-corrected chi connectivity index (χ1v) is 5.86. The number of hydrogen-bond acceptors (Lipinski definition) is 3. The number of carboxylic acid groups (broad SMARTS) is 1. The third-order valence-electron chi connectivity index (χ3n) is 3.13. The quantitative estimate of drug-likeness (QED) is 0.825. The molecule has 0 aliphatic carbocycles. The molecule has 7 heteroatoms. The van der Waals surface area contributed by atoms with Gasteiger partial charge in [-0.1, -0.05) is 0 Å². The van der Waals surface area contributed by atoms with Gasteiger partial charge in [-0.15, -0.1) is 0 Å². The van der Waals surface area contributed by atoms with Gasteiger partial charge in [-0.05, 0) is 25.3 Å². The molecule has 2 heterocycles. The summed E-state index contributed by atoms with van der Waals surface area (Å²) in [6.45, 7) is 0.221. The standard InChI is InChI=1S/C12H12F2N2O3/c13-9-7(4-5-15-10(9)14)11(17)16-6-2-1-3-8(16)12(18)19/h4-5,8H,1-3,6H2,(H,18,19). The van der Waals surface area contributed by atoms with E-state index < -0.39 is 35.2 Å². The minimum Gasteiger partial charge on any atom is -0.480 e. The van der Waals surface area contributed by atoms with Crippen LogP contribution in [0.15, 0.2) is 12.3 Å². The van der Waals surface area contributed by atoms with E-state index in [0.29, 0.717) is 19.3 Å². The van der Waals surface area contributed by atoms with Crippen molar-refractivity contribution in [3.05, 3.63) is 29.6 Å². The van der Waals surface area contributed by atoms with Crippen molar-refractivity contribution in [2.45, 2.75) is 25.3 Å². The molecule has 1 atom stereocenters. The molecule has 1 amide bonds. The molecule has 5 nitrogen and oxygen atoms in total. The fraction of sp³-hybridized carbons (Fsp3) is 0.417. The van der Waals surface area contributed by atoms with Crippen LogP contribution in [0.5, 0.6) is 0 Å². The first kappa shape index (κ1) is 13.4. The smallest absolute Gasteiger partial charge is 0.326 e. The molecule has 1 unspecified atom stereocenters. The molecule has 19 heavy (non-hydrogen) atoms. The highest BCUT2D eigenvalue weighted by Gasteiger charge is 2.33. The topological polar surface area (TPSA) is 70.5 Å². The normalized spacial score (nSPS) is 19.3. The Kier molecular flexibility index (Phi) is 3.73. The van der Waals surface area contributed by atoms with E-state index in [1.165, 1.54) is 0 Å². The van der Waals surface area contributed by atoms with Gasteiger partial charge in [0.2, 0.25) is 5.95 Å². The first-order chi connectivity index (χ1) is 9.02. The van der Waals surface area contributed by atoms with Gasteiger partial charge in [0.05, 0.1) is 5.56 Å². The van der Waals surface area contributed by atoms with E-state index in [4.69, 9.17) is 5.11 Å². The number of aliphatic carboxylic acids is 1. The van der Waals surface area contributed by atoms with E-state index >= 15 is 0 Å². The van der Waals surface area contributed by atoms with Gasteiger partial charge in [0, 0.05) is 12.7 Å². The van der Waals surface area contributed by atoms with Crippen molar-refractivity contribution in [1.82, 2.24) is 9.88 Å². The molecule has 0 spiro atoms. The Labute approximate surface area is 107 Å². The lowest BCUT2D eigenvalue weighted by Gasteiger charge is -2.33. The summed E-state index contributed by atoms with van der Waals surface area (Å²) in [4.78, 5) is 27.4. The van der Waals surface area contributed by atoms with Crippen LogP contribution in [0, 0.1) is 11.8 Å². The summed E-state index contributed by atoms with van der Waals surface area (Å²) in [5.74, 6) is -4.66. The van der Waals surface area contributed by atoms with Crippen molar-refractivity contribution in [2.24, 2.45) is 0 Å². The number of hydrogen-bond donors (Lipinski definition) is 1. The van der Waals surface area contributed by atoms with Gasteiger partial charge in [0.25, 0.3) is 5.91 Å². The highest BCUT2D eigenvalue weighted by molar-refractivity contribution is 5.96. The van der Waals surface area contributed by atoms with Crippen LogP contribution in [0.4, 0.5) is 8.78 Å². The molecular formula is C12H12F2N2O3. The molecule has 1 aromatic heterocycles. The predicted molar refractivity (Wildman–Crippen MR) is 60.5 cm³/mol. The molecule has 0 saturated carbocycles. The van der Waals surface area contributed by atoms with Crippen LogP contribution in [0.1, 0.15) is 29.6 Å². The van der Waals surface area contributed by atoms with E-state index in [9.17, 15) is 18.4 Å². The predicted octanol–water partition coefficient (Wildman–Crippen LogP) is 1.44. The third-order valence-corrected chi connectivity index (χ3v) is 3.13. The zero-order valence-corrected chi connectivity index (χ0v) is 9.97. The third kappa shape index (κ3) is 2.54. The van der Waals surface area contributed by atoms with Gasteiger partial charge < -0.3 is 10.0 Å². The second-order valence-electron chi connectivity index (χ2n) is 4.31. The zero-order chi connectivity index (χ0) is 14.0. The highest BCUT2D eigenvalue weighted by atomic mass is 19.2. The number of likely N-dealkylation sites (tertiary alicyclic amines) is 1. The van der Waals surface area contributed by atoms with E-state index in [-0.39, 0.29) is 6.54 Å². The zero-order valence-electron chi connectivity index (χ0n) is 9.97. The average molecular weight is 270 g/mol. The summed E-state index contributed by atoms with van der Waals surface area (Å²) >= 11 is 0. The molecule has 1 saturated heterocycles. The number of nitrogens with zero attached hydrogens (tertiary/aromatic N) is 2.